The minimum absolute atomic E-state index is 0.390. The lowest BCUT2D eigenvalue weighted by Crippen LogP contribution is -2.62. The Labute approximate surface area is 108 Å². The Bertz CT molecular complexity index is 209. The fraction of sp³-hybridized carbons (Fsp3) is 1.00. The molecule has 1 rings (SSSR count). The van der Waals surface area contributed by atoms with E-state index < -0.39 is 0 Å². The molecule has 0 heterocycles. The monoisotopic (exact) mass is 241 g/mol. The highest BCUT2D eigenvalue weighted by atomic mass is 16.5. The van der Waals surface area contributed by atoms with Crippen LogP contribution in [-0.4, -0.2) is 25.8 Å². The molecule has 102 valence electrons. The van der Waals surface area contributed by atoms with Gasteiger partial charge in [0.25, 0.3) is 0 Å². The number of nitrogens with one attached hydrogen (secondary N) is 1. The minimum atomic E-state index is 0.390. The molecule has 0 aromatic rings. The van der Waals surface area contributed by atoms with Crippen molar-refractivity contribution < 1.29 is 4.74 Å². The van der Waals surface area contributed by atoms with Crippen LogP contribution >= 0.6 is 0 Å². The zero-order valence-electron chi connectivity index (χ0n) is 12.4. The fourth-order valence-corrected chi connectivity index (χ4v) is 3.36. The zero-order valence-corrected chi connectivity index (χ0v) is 12.4. The van der Waals surface area contributed by atoms with E-state index >= 15 is 0 Å². The summed E-state index contributed by atoms with van der Waals surface area (Å²) >= 11 is 0. The summed E-state index contributed by atoms with van der Waals surface area (Å²) in [5, 5.41) is 3.46. The highest BCUT2D eigenvalue weighted by Crippen LogP contribution is 2.48. The molecule has 0 aromatic carbocycles. The second-order valence-electron chi connectivity index (χ2n) is 5.52. The lowest BCUT2D eigenvalue weighted by atomic mass is 9.58. The van der Waals surface area contributed by atoms with Crippen LogP contribution < -0.4 is 5.32 Å². The molecule has 1 aliphatic carbocycles. The maximum atomic E-state index is 6.21. The van der Waals surface area contributed by atoms with Gasteiger partial charge in [0.05, 0.1) is 6.10 Å². The molecule has 2 unspecified atom stereocenters. The van der Waals surface area contributed by atoms with Crippen molar-refractivity contribution in [3.8, 4) is 0 Å². The normalized spacial score (nSPS) is 27.2. The van der Waals surface area contributed by atoms with Gasteiger partial charge in [-0.15, -0.1) is 0 Å². The van der Waals surface area contributed by atoms with Crippen LogP contribution in [0.1, 0.15) is 59.8 Å². The van der Waals surface area contributed by atoms with Gasteiger partial charge in [0.15, 0.2) is 0 Å². The van der Waals surface area contributed by atoms with E-state index in [0.717, 1.165) is 12.5 Å². The van der Waals surface area contributed by atoms with Crippen LogP contribution in [0.3, 0.4) is 0 Å². The van der Waals surface area contributed by atoms with E-state index in [-0.39, 0.29) is 0 Å². The lowest BCUT2D eigenvalue weighted by molar-refractivity contribution is -0.146. The molecule has 0 saturated heterocycles. The van der Waals surface area contributed by atoms with Crippen LogP contribution in [0.5, 0.6) is 0 Å². The molecular weight excluding hydrogens is 210 g/mol. The topological polar surface area (TPSA) is 21.3 Å². The average Bonchev–Trinajstić information content (AvgIpc) is 2.35. The standard InChI is InChI=1S/C15H31NO/c1-6-12(7-2)11-17-14-10-13(16-5)15(14,8-3)9-4/h12-14,16H,6-11H2,1-5H3. The summed E-state index contributed by atoms with van der Waals surface area (Å²) < 4.78 is 6.21. The third kappa shape index (κ3) is 2.85. The molecule has 0 spiro atoms. The van der Waals surface area contributed by atoms with Crippen LogP contribution in [-0.2, 0) is 4.74 Å². The molecule has 2 heteroatoms. The summed E-state index contributed by atoms with van der Waals surface area (Å²) in [5.74, 6) is 0.745. The average molecular weight is 241 g/mol. The maximum absolute atomic E-state index is 6.21. The summed E-state index contributed by atoms with van der Waals surface area (Å²) in [7, 11) is 2.09. The van der Waals surface area contributed by atoms with E-state index in [1.807, 2.05) is 0 Å². The van der Waals surface area contributed by atoms with Gasteiger partial charge in [-0.1, -0.05) is 40.5 Å². The van der Waals surface area contributed by atoms with Gasteiger partial charge in [-0.25, -0.2) is 0 Å². The highest BCUT2D eigenvalue weighted by Gasteiger charge is 2.52. The molecule has 1 saturated carbocycles. The van der Waals surface area contributed by atoms with Crippen molar-refractivity contribution in [3.63, 3.8) is 0 Å². The zero-order chi connectivity index (χ0) is 12.9. The van der Waals surface area contributed by atoms with E-state index in [1.54, 1.807) is 0 Å². The van der Waals surface area contributed by atoms with Gasteiger partial charge >= 0.3 is 0 Å². The van der Waals surface area contributed by atoms with E-state index in [4.69, 9.17) is 4.74 Å². The van der Waals surface area contributed by atoms with Gasteiger partial charge in [0, 0.05) is 18.1 Å². The lowest BCUT2D eigenvalue weighted by Gasteiger charge is -2.55. The van der Waals surface area contributed by atoms with Gasteiger partial charge in [-0.05, 0) is 32.2 Å². The van der Waals surface area contributed by atoms with Crippen LogP contribution in [0, 0.1) is 11.3 Å². The van der Waals surface area contributed by atoms with Crippen molar-refractivity contribution in [3.05, 3.63) is 0 Å². The summed E-state index contributed by atoms with van der Waals surface area (Å²) in [6, 6.07) is 0.657. The number of hydrogen-bond acceptors (Lipinski definition) is 2. The number of rotatable bonds is 8. The van der Waals surface area contributed by atoms with Gasteiger partial charge in [-0.2, -0.15) is 0 Å². The van der Waals surface area contributed by atoms with E-state index in [0.29, 0.717) is 17.6 Å². The third-order valence-electron chi connectivity index (χ3n) is 5.14. The molecule has 2 nitrogen and oxygen atoms in total. The first-order valence-corrected chi connectivity index (χ1v) is 7.47. The first-order chi connectivity index (χ1) is 8.18. The molecule has 0 bridgehead atoms. The van der Waals surface area contributed by atoms with Gasteiger partial charge in [0.2, 0.25) is 0 Å². The quantitative estimate of drug-likeness (QED) is 0.701. The minimum Gasteiger partial charge on any atom is -0.377 e. The Balaban J connectivity index is 2.49. The number of hydrogen-bond donors (Lipinski definition) is 1. The third-order valence-corrected chi connectivity index (χ3v) is 5.14. The van der Waals surface area contributed by atoms with Crippen molar-refractivity contribution in [2.24, 2.45) is 11.3 Å². The van der Waals surface area contributed by atoms with Crippen molar-refractivity contribution >= 4 is 0 Å². The Morgan fingerprint density at radius 2 is 1.76 bits per heavy atom. The van der Waals surface area contributed by atoms with Crippen LogP contribution in [0.4, 0.5) is 0 Å². The molecule has 1 fully saturated rings. The second kappa shape index (κ2) is 6.75. The Kier molecular flexibility index (Phi) is 5.94. The van der Waals surface area contributed by atoms with E-state index in [2.05, 4.69) is 40.1 Å². The van der Waals surface area contributed by atoms with E-state index in [9.17, 15) is 0 Å². The highest BCUT2D eigenvalue weighted by molar-refractivity contribution is 5.06. The van der Waals surface area contributed by atoms with Gasteiger partial charge in [0.1, 0.15) is 0 Å². The van der Waals surface area contributed by atoms with Crippen LogP contribution in [0.15, 0.2) is 0 Å². The largest absolute Gasteiger partial charge is 0.377 e. The first-order valence-electron chi connectivity index (χ1n) is 7.47. The van der Waals surface area contributed by atoms with Crippen molar-refractivity contribution in [2.45, 2.75) is 71.9 Å². The first kappa shape index (κ1) is 15.0. The predicted octanol–water partition coefficient (Wildman–Crippen LogP) is 3.61. The summed E-state index contributed by atoms with van der Waals surface area (Å²) in [6.45, 7) is 10.1. The van der Waals surface area contributed by atoms with Crippen LogP contribution in [0.25, 0.3) is 0 Å². The molecule has 0 radical (unpaired) electrons. The van der Waals surface area contributed by atoms with E-state index in [1.165, 1.54) is 32.1 Å². The van der Waals surface area contributed by atoms with Crippen molar-refractivity contribution in [1.29, 1.82) is 0 Å². The maximum Gasteiger partial charge on any atom is 0.0661 e. The summed E-state index contributed by atoms with van der Waals surface area (Å²) in [5.41, 5.74) is 0.390. The van der Waals surface area contributed by atoms with Gasteiger partial charge < -0.3 is 10.1 Å². The van der Waals surface area contributed by atoms with Gasteiger partial charge in [-0.3, -0.25) is 0 Å². The Morgan fingerprint density at radius 1 is 1.18 bits per heavy atom. The fourth-order valence-electron chi connectivity index (χ4n) is 3.36. The molecule has 0 aromatic heterocycles. The second-order valence-corrected chi connectivity index (χ2v) is 5.52. The molecule has 0 amide bonds. The smallest absolute Gasteiger partial charge is 0.0661 e. The van der Waals surface area contributed by atoms with Crippen molar-refractivity contribution in [1.82, 2.24) is 5.32 Å². The summed E-state index contributed by atoms with van der Waals surface area (Å²) in [6.07, 6.45) is 6.60. The van der Waals surface area contributed by atoms with Crippen LogP contribution in [0.2, 0.25) is 0 Å². The number of ether oxygens (including phenoxy) is 1. The SMILES string of the molecule is CCC(CC)COC1CC(NC)C1(CC)CC. The molecule has 0 aliphatic heterocycles. The molecule has 17 heavy (non-hydrogen) atoms. The Hall–Kier alpha value is -0.0800. The molecule has 1 aliphatic rings. The molecule has 2 atom stereocenters. The molecular formula is C15H31NO. The predicted molar refractivity (Wildman–Crippen MR) is 74.3 cm³/mol. The Morgan fingerprint density at radius 3 is 2.18 bits per heavy atom. The molecule has 1 N–H and O–H groups in total. The van der Waals surface area contributed by atoms with Crippen molar-refractivity contribution in [2.75, 3.05) is 13.7 Å². The summed E-state index contributed by atoms with van der Waals surface area (Å²) in [4.78, 5) is 0.